The molecule has 0 saturated carbocycles. The molecule has 0 saturated heterocycles. The Balaban J connectivity index is 2.12. The number of halogens is 1. The molecule has 0 unspecified atom stereocenters. The van der Waals surface area contributed by atoms with E-state index < -0.39 is 11.8 Å². The van der Waals surface area contributed by atoms with Crippen molar-refractivity contribution in [1.82, 2.24) is 15.5 Å². The van der Waals surface area contributed by atoms with E-state index in [9.17, 15) is 9.59 Å². The van der Waals surface area contributed by atoms with Crippen LogP contribution >= 0.6 is 11.6 Å². The molecule has 2 rings (SSSR count). The highest BCUT2D eigenvalue weighted by Gasteiger charge is 2.18. The van der Waals surface area contributed by atoms with Gasteiger partial charge in [0.1, 0.15) is 11.5 Å². The first-order valence-corrected chi connectivity index (χ1v) is 7.83. The van der Waals surface area contributed by atoms with E-state index in [2.05, 4.69) is 32.4 Å². The molecule has 0 bridgehead atoms. The van der Waals surface area contributed by atoms with Crippen LogP contribution in [0.3, 0.4) is 0 Å². The lowest BCUT2D eigenvalue weighted by molar-refractivity contribution is 0.0966. The first kappa shape index (κ1) is 18.9. The summed E-state index contributed by atoms with van der Waals surface area (Å²) in [5, 5.41) is 11.7. The average molecular weight is 373 g/mol. The number of hydrogen-bond donors (Lipinski definition) is 4. The summed E-state index contributed by atoms with van der Waals surface area (Å²) >= 11 is 6.09. The largest absolute Gasteiger partial charge is 0.384 e. The van der Waals surface area contributed by atoms with E-state index in [1.165, 1.54) is 24.7 Å². The zero-order chi connectivity index (χ0) is 19.1. The second-order valence-corrected chi connectivity index (χ2v) is 5.50. The number of nitrogens with two attached hydrogens (primary N) is 1. The number of nitrogens with zero attached hydrogens (tertiary/aromatic N) is 2. The van der Waals surface area contributed by atoms with Gasteiger partial charge >= 0.3 is 0 Å². The molecule has 0 spiro atoms. The number of aromatic amines is 1. The van der Waals surface area contributed by atoms with Crippen molar-refractivity contribution in [3.05, 3.63) is 71.3 Å². The maximum atomic E-state index is 12.5. The Morgan fingerprint density at radius 3 is 2.85 bits per heavy atom. The highest BCUT2D eigenvalue weighted by molar-refractivity contribution is 6.34. The molecular formula is C17H17ClN6O2. The highest BCUT2D eigenvalue weighted by atomic mass is 35.5. The molecule has 0 radical (unpaired) electrons. The van der Waals surface area contributed by atoms with Crippen LogP contribution in [0.4, 0.5) is 5.69 Å². The first-order chi connectivity index (χ1) is 12.4. The van der Waals surface area contributed by atoms with E-state index in [4.69, 9.17) is 17.3 Å². The summed E-state index contributed by atoms with van der Waals surface area (Å²) in [5.74, 6) is -0.750. The lowest BCUT2D eigenvalue weighted by atomic mass is 10.1. The zero-order valence-corrected chi connectivity index (χ0v) is 14.7. The number of benzene rings is 1. The van der Waals surface area contributed by atoms with Crippen LogP contribution in [-0.4, -0.2) is 27.8 Å². The smallest absolute Gasteiger partial charge is 0.275 e. The number of aryl methyl sites for hydroxylation is 1. The maximum absolute atomic E-state index is 12.5. The molecule has 5 N–H and O–H groups in total. The Morgan fingerprint density at radius 2 is 2.15 bits per heavy atom. The van der Waals surface area contributed by atoms with Crippen molar-refractivity contribution in [2.24, 2.45) is 10.7 Å². The number of anilines is 1. The number of amidine groups is 1. The van der Waals surface area contributed by atoms with Crippen LogP contribution in [0.1, 0.15) is 26.4 Å². The monoisotopic (exact) mass is 372 g/mol. The summed E-state index contributed by atoms with van der Waals surface area (Å²) in [6.07, 6.45) is 5.29. The Bertz CT molecular complexity index is 880. The summed E-state index contributed by atoms with van der Waals surface area (Å²) in [7, 11) is 0. The summed E-state index contributed by atoms with van der Waals surface area (Å²) in [4.78, 5) is 28.5. The van der Waals surface area contributed by atoms with Gasteiger partial charge in [-0.2, -0.15) is 5.10 Å². The van der Waals surface area contributed by atoms with Crippen molar-refractivity contribution in [2.75, 3.05) is 5.32 Å². The predicted molar refractivity (Wildman–Crippen MR) is 101 cm³/mol. The predicted octanol–water partition coefficient (Wildman–Crippen LogP) is 2.37. The van der Waals surface area contributed by atoms with Gasteiger partial charge in [0.2, 0.25) is 0 Å². The number of nitrogens with one attached hydrogen (secondary N) is 3. The quantitative estimate of drug-likeness (QED) is 0.458. The molecular weight excluding hydrogens is 356 g/mol. The van der Waals surface area contributed by atoms with Crippen molar-refractivity contribution in [3.63, 3.8) is 0 Å². The molecule has 0 aliphatic heterocycles. The number of H-pyrrole nitrogens is 1. The molecule has 8 nitrogen and oxygen atoms in total. The minimum absolute atomic E-state index is 0.0772. The van der Waals surface area contributed by atoms with Gasteiger partial charge in [-0.3, -0.25) is 14.7 Å². The van der Waals surface area contributed by atoms with Crippen molar-refractivity contribution in [1.29, 1.82) is 0 Å². The minimum atomic E-state index is -0.516. The van der Waals surface area contributed by atoms with Gasteiger partial charge < -0.3 is 16.4 Å². The van der Waals surface area contributed by atoms with Gasteiger partial charge in [-0.15, -0.1) is 0 Å². The SMILES string of the molecule is C=CC(N)=N/C=C/NC(=O)c1[nH]ncc1NC(=O)c1c(C)cccc1Cl. The van der Waals surface area contributed by atoms with Gasteiger partial charge in [0, 0.05) is 12.4 Å². The Kier molecular flexibility index (Phi) is 6.29. The fourth-order valence-electron chi connectivity index (χ4n) is 2.02. The van der Waals surface area contributed by atoms with Crippen LogP contribution in [0.25, 0.3) is 0 Å². The number of aromatic nitrogens is 2. The van der Waals surface area contributed by atoms with Crippen LogP contribution < -0.4 is 16.4 Å². The van der Waals surface area contributed by atoms with Crippen molar-refractivity contribution < 1.29 is 9.59 Å². The van der Waals surface area contributed by atoms with E-state index in [0.717, 1.165) is 0 Å². The summed E-state index contributed by atoms with van der Waals surface area (Å²) in [5.41, 5.74) is 6.77. The highest BCUT2D eigenvalue weighted by Crippen LogP contribution is 2.21. The first-order valence-electron chi connectivity index (χ1n) is 7.45. The number of amides is 2. The fourth-order valence-corrected chi connectivity index (χ4v) is 2.33. The van der Waals surface area contributed by atoms with Crippen molar-refractivity contribution >= 4 is 34.9 Å². The molecule has 1 heterocycles. The fraction of sp³-hybridized carbons (Fsp3) is 0.0588. The molecule has 1 aromatic carbocycles. The number of aliphatic imine (C=N–C) groups is 1. The van der Waals surface area contributed by atoms with Gasteiger partial charge in [-0.25, -0.2) is 4.99 Å². The van der Waals surface area contributed by atoms with Crippen LogP contribution in [-0.2, 0) is 0 Å². The van der Waals surface area contributed by atoms with E-state index >= 15 is 0 Å². The van der Waals surface area contributed by atoms with Crippen LogP contribution in [0.2, 0.25) is 5.02 Å². The van der Waals surface area contributed by atoms with Gasteiger partial charge in [0.15, 0.2) is 0 Å². The molecule has 0 fully saturated rings. The van der Waals surface area contributed by atoms with Gasteiger partial charge in [0.25, 0.3) is 11.8 Å². The zero-order valence-electron chi connectivity index (χ0n) is 13.9. The number of carbonyl (C=O) groups is 2. The van der Waals surface area contributed by atoms with Crippen LogP contribution in [0.5, 0.6) is 0 Å². The Hall–Kier alpha value is -3.39. The van der Waals surface area contributed by atoms with Crippen molar-refractivity contribution in [2.45, 2.75) is 6.92 Å². The third-order valence-electron chi connectivity index (χ3n) is 3.29. The molecule has 134 valence electrons. The topological polar surface area (TPSA) is 125 Å². The van der Waals surface area contributed by atoms with Crippen LogP contribution in [0, 0.1) is 6.92 Å². The third-order valence-corrected chi connectivity index (χ3v) is 3.60. The van der Waals surface area contributed by atoms with E-state index in [-0.39, 0.29) is 17.2 Å². The number of carbonyl (C=O) groups excluding carboxylic acids is 2. The van der Waals surface area contributed by atoms with E-state index in [1.807, 2.05) is 0 Å². The van der Waals surface area contributed by atoms with Crippen LogP contribution in [0.15, 0.2) is 54.4 Å². The van der Waals surface area contributed by atoms with Gasteiger partial charge in [-0.05, 0) is 24.6 Å². The molecule has 0 aliphatic rings. The van der Waals surface area contributed by atoms with Gasteiger partial charge in [-0.1, -0.05) is 30.3 Å². The molecule has 1 aromatic heterocycles. The average Bonchev–Trinajstić information content (AvgIpc) is 3.06. The third kappa shape index (κ3) is 4.58. The second-order valence-electron chi connectivity index (χ2n) is 5.09. The number of rotatable bonds is 6. The molecule has 0 atom stereocenters. The van der Waals surface area contributed by atoms with Crippen molar-refractivity contribution in [3.8, 4) is 0 Å². The Morgan fingerprint density at radius 1 is 1.38 bits per heavy atom. The molecule has 9 heteroatoms. The van der Waals surface area contributed by atoms with E-state index in [0.29, 0.717) is 16.1 Å². The molecule has 2 aromatic rings. The second kappa shape index (κ2) is 8.63. The summed E-state index contributed by atoms with van der Waals surface area (Å²) in [6, 6.07) is 5.13. The standard InChI is InChI=1S/C17H17ClN6O2/c1-3-13(19)20-7-8-21-17(26)15-12(9-22-24-15)23-16(25)14-10(2)5-4-6-11(14)18/h3-9H,1H2,2H3,(H2,19,20)(H,21,26)(H,22,24)(H,23,25)/b8-7+. The van der Waals surface area contributed by atoms with E-state index in [1.54, 1.807) is 25.1 Å². The van der Waals surface area contributed by atoms with Gasteiger partial charge in [0.05, 0.1) is 22.5 Å². The number of hydrogen-bond acceptors (Lipinski definition) is 4. The molecule has 26 heavy (non-hydrogen) atoms. The normalized spacial score (nSPS) is 11.4. The maximum Gasteiger partial charge on any atom is 0.275 e. The summed E-state index contributed by atoms with van der Waals surface area (Å²) in [6.45, 7) is 5.22. The Labute approximate surface area is 154 Å². The summed E-state index contributed by atoms with van der Waals surface area (Å²) < 4.78 is 0. The molecule has 2 amide bonds. The molecule has 0 aliphatic carbocycles. The lowest BCUT2D eigenvalue weighted by Gasteiger charge is -2.09. The minimum Gasteiger partial charge on any atom is -0.384 e. The lowest BCUT2D eigenvalue weighted by Crippen LogP contribution is -2.21.